The quantitative estimate of drug-likeness (QED) is 0.431. The van der Waals surface area contributed by atoms with Crippen molar-refractivity contribution in [2.24, 2.45) is 0 Å². The zero-order valence-corrected chi connectivity index (χ0v) is 17.5. The van der Waals surface area contributed by atoms with Crippen molar-refractivity contribution in [3.8, 4) is 0 Å². The minimum Gasteiger partial charge on any atom is -0.265 e. The van der Waals surface area contributed by atoms with E-state index in [1.807, 2.05) is 0 Å². The van der Waals surface area contributed by atoms with Crippen LogP contribution in [0.5, 0.6) is 0 Å². The lowest BCUT2D eigenvalue weighted by Gasteiger charge is -2.28. The van der Waals surface area contributed by atoms with Crippen molar-refractivity contribution in [2.75, 3.05) is 0 Å². The summed E-state index contributed by atoms with van der Waals surface area (Å²) in [5.41, 5.74) is 1.20. The highest BCUT2D eigenvalue weighted by Gasteiger charge is 2.59. The molecule has 0 fully saturated rings. The molecule has 2 aromatic rings. The molecule has 0 radical (unpaired) electrons. The second kappa shape index (κ2) is 7.36. The summed E-state index contributed by atoms with van der Waals surface area (Å²) in [7, 11) is 0. The standard InChI is InChI=1S/C17H10Br2Cl2F3NO/c18-8-10-2-1-9(3-14(10)19)15-7-16(26-25-15,17(22,23)24)11-4-12(20)6-13(21)5-11/h1-7,25H,8H2. The Morgan fingerprint density at radius 3 is 2.27 bits per heavy atom. The summed E-state index contributed by atoms with van der Waals surface area (Å²) in [5.74, 6) is 0. The van der Waals surface area contributed by atoms with Crippen LogP contribution in [-0.2, 0) is 15.8 Å². The Balaban J connectivity index is 2.12. The monoisotopic (exact) mass is 529 g/mol. The second-order valence-electron chi connectivity index (χ2n) is 5.59. The molecule has 0 saturated heterocycles. The summed E-state index contributed by atoms with van der Waals surface area (Å²) in [5, 5.41) is 0.793. The molecular weight excluding hydrogens is 522 g/mol. The number of halogens is 7. The SMILES string of the molecule is FC(F)(F)C1(c2cc(Cl)cc(Cl)c2)C=C(c2ccc(CBr)c(Br)c2)NO1. The minimum atomic E-state index is -4.73. The van der Waals surface area contributed by atoms with Gasteiger partial charge in [-0.25, -0.2) is 0 Å². The van der Waals surface area contributed by atoms with E-state index < -0.39 is 11.8 Å². The molecule has 2 aromatic carbocycles. The van der Waals surface area contributed by atoms with Gasteiger partial charge in [0.15, 0.2) is 0 Å². The first-order valence-electron chi connectivity index (χ1n) is 7.21. The fraction of sp³-hybridized carbons (Fsp3) is 0.176. The molecule has 9 heteroatoms. The van der Waals surface area contributed by atoms with Gasteiger partial charge in [0.2, 0.25) is 5.60 Å². The van der Waals surface area contributed by atoms with E-state index in [0.717, 1.165) is 16.1 Å². The van der Waals surface area contributed by atoms with Crippen LogP contribution in [0.15, 0.2) is 46.9 Å². The van der Waals surface area contributed by atoms with Gasteiger partial charge in [-0.15, -0.1) is 0 Å². The van der Waals surface area contributed by atoms with Crippen LogP contribution in [0, 0.1) is 0 Å². The number of nitrogens with one attached hydrogen (secondary N) is 1. The number of hydrogen-bond donors (Lipinski definition) is 1. The van der Waals surface area contributed by atoms with Gasteiger partial charge in [-0.1, -0.05) is 67.2 Å². The average molecular weight is 532 g/mol. The number of benzene rings is 2. The van der Waals surface area contributed by atoms with Crippen LogP contribution in [0.4, 0.5) is 13.2 Å². The molecule has 1 aliphatic heterocycles. The molecule has 3 rings (SSSR count). The highest BCUT2D eigenvalue weighted by atomic mass is 79.9. The number of hydroxylamine groups is 1. The van der Waals surface area contributed by atoms with Crippen molar-refractivity contribution in [3.63, 3.8) is 0 Å². The molecule has 0 amide bonds. The maximum atomic E-state index is 13.9. The van der Waals surface area contributed by atoms with Crippen molar-refractivity contribution < 1.29 is 18.0 Å². The molecule has 0 spiro atoms. The third-order valence-corrected chi connectivity index (χ3v) is 5.67. The van der Waals surface area contributed by atoms with Crippen LogP contribution in [0.3, 0.4) is 0 Å². The maximum Gasteiger partial charge on any atom is 0.428 e. The summed E-state index contributed by atoms with van der Waals surface area (Å²) >= 11 is 18.5. The summed E-state index contributed by atoms with van der Waals surface area (Å²) in [4.78, 5) is 5.06. The van der Waals surface area contributed by atoms with E-state index in [2.05, 4.69) is 37.3 Å². The Kier molecular flexibility index (Phi) is 5.66. The predicted molar refractivity (Wildman–Crippen MR) is 103 cm³/mol. The third kappa shape index (κ3) is 3.64. The van der Waals surface area contributed by atoms with Gasteiger partial charge in [-0.2, -0.15) is 13.2 Å². The van der Waals surface area contributed by atoms with E-state index in [-0.39, 0.29) is 21.3 Å². The van der Waals surface area contributed by atoms with Crippen molar-refractivity contribution in [3.05, 3.63) is 73.7 Å². The van der Waals surface area contributed by atoms with E-state index in [4.69, 9.17) is 28.0 Å². The van der Waals surface area contributed by atoms with Crippen molar-refractivity contribution in [1.82, 2.24) is 5.48 Å². The van der Waals surface area contributed by atoms with Crippen molar-refractivity contribution >= 4 is 60.8 Å². The first-order valence-corrected chi connectivity index (χ1v) is 9.88. The van der Waals surface area contributed by atoms with E-state index in [1.54, 1.807) is 18.2 Å². The van der Waals surface area contributed by atoms with Gasteiger partial charge in [0.05, 0.1) is 5.70 Å². The summed E-state index contributed by atoms with van der Waals surface area (Å²) < 4.78 is 42.6. The van der Waals surface area contributed by atoms with Crippen LogP contribution in [0.25, 0.3) is 5.70 Å². The molecule has 1 N–H and O–H groups in total. The van der Waals surface area contributed by atoms with Gasteiger partial charge in [0.25, 0.3) is 0 Å². The summed E-state index contributed by atoms with van der Waals surface area (Å²) in [6.45, 7) is 0. The van der Waals surface area contributed by atoms with E-state index in [1.165, 1.54) is 18.2 Å². The largest absolute Gasteiger partial charge is 0.428 e. The summed E-state index contributed by atoms with van der Waals surface area (Å²) in [6, 6.07) is 8.97. The van der Waals surface area contributed by atoms with Gasteiger partial charge in [0.1, 0.15) is 0 Å². The molecule has 26 heavy (non-hydrogen) atoms. The number of alkyl halides is 4. The molecule has 0 saturated carbocycles. The van der Waals surface area contributed by atoms with Crippen LogP contribution < -0.4 is 5.48 Å². The summed E-state index contributed by atoms with van der Waals surface area (Å²) in [6.07, 6.45) is -3.74. The fourth-order valence-electron chi connectivity index (χ4n) is 2.58. The van der Waals surface area contributed by atoms with E-state index in [9.17, 15) is 13.2 Å². The molecule has 0 aliphatic carbocycles. The van der Waals surface area contributed by atoms with E-state index >= 15 is 0 Å². The van der Waals surface area contributed by atoms with Gasteiger partial charge in [-0.05, 0) is 35.9 Å². The Labute approximate surface area is 174 Å². The Bertz CT molecular complexity index is 869. The zero-order chi connectivity index (χ0) is 19.1. The lowest BCUT2D eigenvalue weighted by Crippen LogP contribution is -2.42. The van der Waals surface area contributed by atoms with Gasteiger partial charge >= 0.3 is 6.18 Å². The van der Waals surface area contributed by atoms with Gasteiger partial charge in [-0.3, -0.25) is 10.3 Å². The topological polar surface area (TPSA) is 21.3 Å². The molecule has 138 valence electrons. The Morgan fingerprint density at radius 2 is 1.73 bits per heavy atom. The molecule has 1 heterocycles. The third-order valence-electron chi connectivity index (χ3n) is 3.89. The Morgan fingerprint density at radius 1 is 1.08 bits per heavy atom. The molecule has 1 aliphatic rings. The molecule has 1 unspecified atom stereocenters. The highest BCUT2D eigenvalue weighted by molar-refractivity contribution is 9.10. The Hall–Kier alpha value is -0.730. The molecule has 0 aromatic heterocycles. The maximum absolute atomic E-state index is 13.9. The van der Waals surface area contributed by atoms with Crippen molar-refractivity contribution in [1.29, 1.82) is 0 Å². The highest BCUT2D eigenvalue weighted by Crippen LogP contribution is 2.48. The predicted octanol–water partition coefficient (Wildman–Crippen LogP) is 6.98. The lowest BCUT2D eigenvalue weighted by molar-refractivity contribution is -0.269. The van der Waals surface area contributed by atoms with Crippen LogP contribution in [-0.4, -0.2) is 6.18 Å². The number of rotatable bonds is 3. The van der Waals surface area contributed by atoms with Gasteiger partial charge < -0.3 is 0 Å². The first-order chi connectivity index (χ1) is 12.2. The average Bonchev–Trinajstić information content (AvgIpc) is 3.00. The zero-order valence-electron chi connectivity index (χ0n) is 12.8. The smallest absolute Gasteiger partial charge is 0.265 e. The number of hydrogen-bond acceptors (Lipinski definition) is 2. The van der Waals surface area contributed by atoms with Gasteiger partial charge in [0, 0.05) is 31.0 Å². The molecular formula is C17H10Br2Cl2F3NO. The fourth-order valence-corrected chi connectivity index (χ4v) is 4.49. The molecule has 2 nitrogen and oxygen atoms in total. The molecule has 0 bridgehead atoms. The second-order valence-corrected chi connectivity index (χ2v) is 7.88. The van der Waals surface area contributed by atoms with Crippen LogP contribution >= 0.6 is 55.1 Å². The minimum absolute atomic E-state index is 0.0889. The lowest BCUT2D eigenvalue weighted by atomic mass is 9.91. The van der Waals surface area contributed by atoms with Crippen LogP contribution in [0.1, 0.15) is 16.7 Å². The first kappa shape index (κ1) is 20.0. The van der Waals surface area contributed by atoms with Crippen molar-refractivity contribution in [2.45, 2.75) is 17.1 Å². The molecule has 1 atom stereocenters. The van der Waals surface area contributed by atoms with E-state index in [0.29, 0.717) is 10.9 Å². The van der Waals surface area contributed by atoms with Crippen LogP contribution in [0.2, 0.25) is 10.0 Å². The normalized spacial score (nSPS) is 20.0.